The molecule has 0 aromatic carbocycles. The van der Waals surface area contributed by atoms with Gasteiger partial charge >= 0.3 is 8.69 Å². The van der Waals surface area contributed by atoms with Crippen LogP contribution >= 0.6 is 8.69 Å². The Morgan fingerprint density at radius 3 is 1.68 bits per heavy atom. The first-order chi connectivity index (χ1) is 10.4. The third-order valence-electron chi connectivity index (χ3n) is 3.80. The van der Waals surface area contributed by atoms with Crippen LogP contribution in [0.4, 0.5) is 0 Å². The summed E-state index contributed by atoms with van der Waals surface area (Å²) in [6.45, 7) is 2.90. The van der Waals surface area contributed by atoms with Crippen molar-refractivity contribution in [3.05, 3.63) is 12.2 Å². The summed E-state index contributed by atoms with van der Waals surface area (Å²) in [5.74, 6) is 0. The van der Waals surface area contributed by atoms with E-state index in [-0.39, 0.29) is 49.5 Å². The van der Waals surface area contributed by atoms with Crippen molar-refractivity contribution in [3.63, 3.8) is 0 Å². The van der Waals surface area contributed by atoms with Crippen molar-refractivity contribution in [1.29, 1.82) is 0 Å². The Kier molecular flexibility index (Phi) is 28.2. The maximum absolute atomic E-state index is 10.0. The molecule has 2 nitrogen and oxygen atoms in total. The second kappa shape index (κ2) is 24.4. The van der Waals surface area contributed by atoms with Gasteiger partial charge < -0.3 is 0 Å². The average molecular weight is 459 g/mol. The molecule has 0 aliphatic rings. The molecule has 0 aliphatic carbocycles. The molecule has 0 heterocycles. The van der Waals surface area contributed by atoms with Crippen LogP contribution < -0.4 is 0 Å². The summed E-state index contributed by atoms with van der Waals surface area (Å²) >= 11 is 0. The van der Waals surface area contributed by atoms with E-state index >= 15 is 0 Å². The second-order valence-electron chi connectivity index (χ2n) is 5.85. The van der Waals surface area contributed by atoms with Crippen LogP contribution in [-0.2, 0) is 9.09 Å². The van der Waals surface area contributed by atoms with Gasteiger partial charge in [0.15, 0.2) is 0 Å². The predicted molar refractivity (Wildman–Crippen MR) is 93.0 cm³/mol. The average Bonchev–Trinajstić information content (AvgIpc) is 2.50. The Labute approximate surface area is 173 Å². The van der Waals surface area contributed by atoms with E-state index in [1.807, 2.05) is 0 Å². The molecule has 0 saturated heterocycles. The minimum absolute atomic E-state index is 0. The largest absolute Gasteiger partial charge is 0.327 e. The third-order valence-corrected chi connectivity index (χ3v) is 4.09. The van der Waals surface area contributed by atoms with Crippen molar-refractivity contribution in [1.82, 2.24) is 0 Å². The van der Waals surface area contributed by atoms with Gasteiger partial charge in [-0.1, -0.05) is 76.9 Å². The molecule has 0 bridgehead atoms. The summed E-state index contributed by atoms with van der Waals surface area (Å²) in [5, 5.41) is 0. The van der Waals surface area contributed by atoms with Crippen molar-refractivity contribution >= 4 is 8.69 Å². The molecule has 4 heteroatoms. The Morgan fingerprint density at radius 2 is 1.18 bits per heavy atom. The maximum Gasteiger partial charge on any atom is 0.327 e. The first kappa shape index (κ1) is 25.4. The molecule has 0 radical (unpaired) electrons. The van der Waals surface area contributed by atoms with E-state index in [0.717, 1.165) is 6.42 Å². The zero-order chi connectivity index (χ0) is 15.4. The fourth-order valence-electron chi connectivity index (χ4n) is 2.45. The molecule has 0 unspecified atom stereocenters. The molecule has 0 aliphatic heterocycles. The van der Waals surface area contributed by atoms with E-state index < -0.39 is 0 Å². The molecular weight excluding hydrogens is 423 g/mol. The van der Waals surface area contributed by atoms with Crippen LogP contribution in [0.2, 0.25) is 0 Å². The number of allylic oxidation sites excluding steroid dienone is 2. The van der Waals surface area contributed by atoms with E-state index in [1.165, 1.54) is 83.5 Å². The Hall–Kier alpha value is 1.15. The van der Waals surface area contributed by atoms with Crippen molar-refractivity contribution < 1.29 is 49.9 Å². The molecular formula is C18H35NdO2P. The van der Waals surface area contributed by atoms with Gasteiger partial charge in [-0.15, -0.1) is 0 Å². The van der Waals surface area contributed by atoms with Gasteiger partial charge in [-0.25, -0.2) is 4.57 Å². The molecule has 22 heavy (non-hydrogen) atoms. The molecule has 0 aromatic heterocycles. The van der Waals surface area contributed by atoms with E-state index in [1.54, 1.807) is 0 Å². The van der Waals surface area contributed by atoms with E-state index in [2.05, 4.69) is 19.1 Å². The molecule has 0 N–H and O–H groups in total. The number of hydrogen-bond acceptors (Lipinski definition) is 2. The van der Waals surface area contributed by atoms with Crippen molar-refractivity contribution in [2.24, 2.45) is 0 Å². The van der Waals surface area contributed by atoms with E-state index in [4.69, 9.17) is 4.52 Å². The van der Waals surface area contributed by atoms with Crippen LogP contribution in [0.1, 0.15) is 96.8 Å². The van der Waals surface area contributed by atoms with Crippen LogP contribution in [0.25, 0.3) is 0 Å². The van der Waals surface area contributed by atoms with Gasteiger partial charge in [0, 0.05) is 40.8 Å². The summed E-state index contributed by atoms with van der Waals surface area (Å²) < 4.78 is 14.8. The van der Waals surface area contributed by atoms with E-state index in [0.29, 0.717) is 6.61 Å². The van der Waals surface area contributed by atoms with Gasteiger partial charge in [-0.3, -0.25) is 4.52 Å². The molecule has 0 spiro atoms. The van der Waals surface area contributed by atoms with Crippen LogP contribution in [0.3, 0.4) is 0 Å². The first-order valence-electron chi connectivity index (χ1n) is 9.01. The van der Waals surface area contributed by atoms with Crippen LogP contribution in [0.5, 0.6) is 0 Å². The molecule has 0 atom stereocenters. The van der Waals surface area contributed by atoms with E-state index in [9.17, 15) is 4.57 Å². The number of unbranched alkanes of at least 4 members (excludes halogenated alkanes) is 12. The van der Waals surface area contributed by atoms with Crippen molar-refractivity contribution in [2.45, 2.75) is 96.8 Å². The standard InChI is InChI=1S/C18H35O2P.Nd/c1-2-3-4-5-6-7-8-9-10-11-12-13-14-15-16-17-18-20-21-19;/h9-10H,2-8,11-18H2,1H3;/b10-9-;. The minimum atomic E-state index is -0.179. The van der Waals surface area contributed by atoms with Crippen molar-refractivity contribution in [3.8, 4) is 0 Å². The molecule has 128 valence electrons. The number of rotatable bonds is 17. The summed E-state index contributed by atoms with van der Waals surface area (Å²) in [4.78, 5) is 0. The number of hydrogen-bond donors (Lipinski definition) is 0. The second-order valence-corrected chi connectivity index (χ2v) is 6.25. The van der Waals surface area contributed by atoms with Crippen molar-refractivity contribution in [2.75, 3.05) is 6.61 Å². The van der Waals surface area contributed by atoms with Crippen LogP contribution in [0.15, 0.2) is 12.2 Å². The van der Waals surface area contributed by atoms with Gasteiger partial charge in [-0.05, 0) is 32.1 Å². The maximum atomic E-state index is 10.0. The fraction of sp³-hybridized carbons (Fsp3) is 0.889. The zero-order valence-corrected chi connectivity index (χ0v) is 18.6. The third kappa shape index (κ3) is 23.4. The minimum Gasteiger partial charge on any atom is -0.294 e. The normalized spacial score (nSPS) is 11.1. The smallest absolute Gasteiger partial charge is 0.294 e. The molecule has 0 rings (SSSR count). The SMILES string of the molecule is CCCCCCCC/C=C\CCCCCCCCOP=O.[Nd]. The predicted octanol–water partition coefficient (Wildman–Crippen LogP) is 7.25. The van der Waals surface area contributed by atoms with Gasteiger partial charge in [0.25, 0.3) is 0 Å². The summed E-state index contributed by atoms with van der Waals surface area (Å²) in [6.07, 6.45) is 23.1. The van der Waals surface area contributed by atoms with Crippen LogP contribution in [0, 0.1) is 40.8 Å². The van der Waals surface area contributed by atoms with Crippen LogP contribution in [-0.4, -0.2) is 6.61 Å². The first-order valence-corrected chi connectivity index (χ1v) is 9.74. The van der Waals surface area contributed by atoms with Gasteiger partial charge in [0.1, 0.15) is 0 Å². The summed E-state index contributed by atoms with van der Waals surface area (Å²) in [7, 11) is -0.179. The van der Waals surface area contributed by atoms with Gasteiger partial charge in [-0.2, -0.15) is 0 Å². The molecule has 0 aromatic rings. The molecule has 0 amide bonds. The fourth-order valence-corrected chi connectivity index (χ4v) is 2.66. The quantitative estimate of drug-likeness (QED) is 0.130. The Balaban J connectivity index is 0. The molecule has 0 fully saturated rings. The Morgan fingerprint density at radius 1 is 0.727 bits per heavy atom. The Bertz CT molecular complexity index is 235. The zero-order valence-electron chi connectivity index (χ0n) is 14.5. The topological polar surface area (TPSA) is 26.3 Å². The monoisotopic (exact) mass is 456 g/mol. The summed E-state index contributed by atoms with van der Waals surface area (Å²) in [5.41, 5.74) is 0. The van der Waals surface area contributed by atoms with Gasteiger partial charge in [0.2, 0.25) is 0 Å². The summed E-state index contributed by atoms with van der Waals surface area (Å²) in [6, 6.07) is 0. The van der Waals surface area contributed by atoms with Gasteiger partial charge in [0.05, 0.1) is 6.61 Å². The molecule has 0 saturated carbocycles.